The first-order valence-electron chi connectivity index (χ1n) is 3.50. The van der Waals surface area contributed by atoms with E-state index >= 15 is 0 Å². The highest BCUT2D eigenvalue weighted by Crippen LogP contribution is 2.11. The third-order valence-electron chi connectivity index (χ3n) is 1.27. The average Bonchev–Trinajstić information content (AvgIpc) is 2.57. The summed E-state index contributed by atoms with van der Waals surface area (Å²) in [4.78, 5) is 10.7. The molecule has 0 aromatic carbocycles. The average molecular weight is 186 g/mol. The molecule has 0 aliphatic heterocycles. The molecule has 4 heteroatoms. The van der Waals surface area contributed by atoms with Gasteiger partial charge in [-0.1, -0.05) is 0 Å². The molecule has 0 saturated heterocycles. The Labute approximate surface area is 75.1 Å². The maximum atomic E-state index is 10.7. The van der Waals surface area contributed by atoms with E-state index in [0.717, 1.165) is 5.76 Å². The van der Waals surface area contributed by atoms with E-state index in [1.54, 1.807) is 6.26 Å². The number of furan rings is 1. The molecule has 0 amide bonds. The maximum absolute atomic E-state index is 10.7. The molecule has 1 aromatic heterocycles. The molecule has 1 rings (SSSR count). The third kappa shape index (κ3) is 3.00. The molecule has 0 N–H and O–H groups in total. The number of carbonyl (C=O) groups is 1. The van der Waals surface area contributed by atoms with Crippen molar-refractivity contribution in [1.82, 2.24) is 0 Å². The quantitative estimate of drug-likeness (QED) is 0.671. The van der Waals surface area contributed by atoms with Crippen LogP contribution in [-0.4, -0.2) is 18.8 Å². The van der Waals surface area contributed by atoms with E-state index in [4.69, 9.17) is 4.42 Å². The predicted octanol–water partition coefficient (Wildman–Crippen LogP) is 1.69. The number of carbonyl (C=O) groups excluding carboxylic acids is 1. The number of esters is 1. The van der Waals surface area contributed by atoms with Crippen molar-refractivity contribution in [3.05, 3.63) is 24.2 Å². The van der Waals surface area contributed by atoms with Crippen LogP contribution in [0.1, 0.15) is 5.76 Å². The number of methoxy groups -OCH3 is 1. The smallest absolute Gasteiger partial charge is 0.315 e. The topological polar surface area (TPSA) is 39.4 Å². The van der Waals surface area contributed by atoms with Gasteiger partial charge in [-0.3, -0.25) is 4.79 Å². The van der Waals surface area contributed by atoms with Crippen LogP contribution in [0.4, 0.5) is 0 Å². The Hall–Kier alpha value is -0.900. The molecule has 1 heterocycles. The molecule has 0 bridgehead atoms. The first-order chi connectivity index (χ1) is 5.83. The second-order valence-corrected chi connectivity index (χ2v) is 3.13. The van der Waals surface area contributed by atoms with Crippen LogP contribution >= 0.6 is 11.8 Å². The van der Waals surface area contributed by atoms with Gasteiger partial charge in [0.1, 0.15) is 5.76 Å². The van der Waals surface area contributed by atoms with Crippen molar-refractivity contribution in [3.8, 4) is 0 Å². The van der Waals surface area contributed by atoms with Gasteiger partial charge in [-0.05, 0) is 12.1 Å². The highest BCUT2D eigenvalue weighted by molar-refractivity contribution is 7.99. The van der Waals surface area contributed by atoms with Gasteiger partial charge in [0, 0.05) is 0 Å². The maximum Gasteiger partial charge on any atom is 0.315 e. The number of ether oxygens (including phenoxy) is 1. The van der Waals surface area contributed by atoms with Crippen LogP contribution < -0.4 is 0 Å². The van der Waals surface area contributed by atoms with Crippen molar-refractivity contribution in [1.29, 1.82) is 0 Å². The van der Waals surface area contributed by atoms with Gasteiger partial charge in [-0.15, -0.1) is 11.8 Å². The molecule has 3 nitrogen and oxygen atoms in total. The Balaban J connectivity index is 2.15. The second kappa shape index (κ2) is 4.87. The van der Waals surface area contributed by atoms with Gasteiger partial charge >= 0.3 is 5.97 Å². The molecule has 0 atom stereocenters. The van der Waals surface area contributed by atoms with Gasteiger partial charge in [0.05, 0.1) is 24.9 Å². The summed E-state index contributed by atoms with van der Waals surface area (Å²) in [5.41, 5.74) is 0. The van der Waals surface area contributed by atoms with Crippen LogP contribution in [0.25, 0.3) is 0 Å². The largest absolute Gasteiger partial charge is 0.468 e. The summed E-state index contributed by atoms with van der Waals surface area (Å²) in [6.07, 6.45) is 1.62. The third-order valence-corrected chi connectivity index (χ3v) is 2.20. The van der Waals surface area contributed by atoms with Crippen LogP contribution in [0.3, 0.4) is 0 Å². The van der Waals surface area contributed by atoms with E-state index in [1.165, 1.54) is 18.9 Å². The normalized spacial score (nSPS) is 9.75. The zero-order chi connectivity index (χ0) is 8.81. The molecule has 12 heavy (non-hydrogen) atoms. The van der Waals surface area contributed by atoms with E-state index in [-0.39, 0.29) is 5.97 Å². The van der Waals surface area contributed by atoms with Crippen molar-refractivity contribution >= 4 is 17.7 Å². The van der Waals surface area contributed by atoms with Gasteiger partial charge in [0.15, 0.2) is 0 Å². The predicted molar refractivity (Wildman–Crippen MR) is 46.9 cm³/mol. The minimum absolute atomic E-state index is 0.202. The lowest BCUT2D eigenvalue weighted by molar-refractivity contribution is -0.137. The highest BCUT2D eigenvalue weighted by atomic mass is 32.2. The fourth-order valence-corrected chi connectivity index (χ4v) is 1.44. The number of hydrogen-bond acceptors (Lipinski definition) is 4. The molecular weight excluding hydrogens is 176 g/mol. The zero-order valence-corrected chi connectivity index (χ0v) is 7.60. The number of rotatable bonds is 4. The van der Waals surface area contributed by atoms with Crippen molar-refractivity contribution in [2.24, 2.45) is 0 Å². The number of thioether (sulfide) groups is 1. The van der Waals surface area contributed by atoms with E-state index < -0.39 is 0 Å². The summed E-state index contributed by atoms with van der Waals surface area (Å²) in [6, 6.07) is 3.71. The van der Waals surface area contributed by atoms with Gasteiger partial charge in [0.2, 0.25) is 0 Å². The minimum atomic E-state index is -0.202. The molecule has 66 valence electrons. The Morgan fingerprint density at radius 3 is 3.17 bits per heavy atom. The Morgan fingerprint density at radius 1 is 1.75 bits per heavy atom. The van der Waals surface area contributed by atoms with E-state index in [0.29, 0.717) is 11.5 Å². The van der Waals surface area contributed by atoms with Crippen LogP contribution in [0.2, 0.25) is 0 Å². The van der Waals surface area contributed by atoms with E-state index in [1.807, 2.05) is 12.1 Å². The van der Waals surface area contributed by atoms with Crippen molar-refractivity contribution < 1.29 is 13.9 Å². The highest BCUT2D eigenvalue weighted by Gasteiger charge is 2.01. The fraction of sp³-hybridized carbons (Fsp3) is 0.375. The van der Waals surface area contributed by atoms with E-state index in [2.05, 4.69) is 4.74 Å². The summed E-state index contributed by atoms with van der Waals surface area (Å²) in [6.45, 7) is 0. The molecule has 0 aliphatic rings. The molecule has 0 radical (unpaired) electrons. The molecule has 0 fully saturated rings. The van der Waals surface area contributed by atoms with Crippen molar-refractivity contribution in [2.75, 3.05) is 12.9 Å². The minimum Gasteiger partial charge on any atom is -0.468 e. The summed E-state index contributed by atoms with van der Waals surface area (Å²) in [5, 5.41) is 0. The first-order valence-corrected chi connectivity index (χ1v) is 4.65. The summed E-state index contributed by atoms with van der Waals surface area (Å²) >= 11 is 1.48. The summed E-state index contributed by atoms with van der Waals surface area (Å²) < 4.78 is 9.56. The van der Waals surface area contributed by atoms with Crippen LogP contribution in [0.15, 0.2) is 22.8 Å². The van der Waals surface area contributed by atoms with Gasteiger partial charge in [0.25, 0.3) is 0 Å². The summed E-state index contributed by atoms with van der Waals surface area (Å²) in [7, 11) is 1.38. The molecule has 0 spiro atoms. The van der Waals surface area contributed by atoms with E-state index in [9.17, 15) is 4.79 Å². The molecule has 0 saturated carbocycles. The van der Waals surface area contributed by atoms with Crippen molar-refractivity contribution in [2.45, 2.75) is 5.75 Å². The molecule has 1 aromatic rings. The fourth-order valence-electron chi connectivity index (χ4n) is 0.689. The summed E-state index contributed by atoms with van der Waals surface area (Å²) in [5.74, 6) is 1.76. The standard InChI is InChI=1S/C8H10O3S/c1-10-8(9)6-12-5-7-3-2-4-11-7/h2-4H,5-6H2,1H3. The lowest BCUT2D eigenvalue weighted by atomic mass is 10.5. The Bertz CT molecular complexity index is 230. The monoisotopic (exact) mass is 186 g/mol. The SMILES string of the molecule is COC(=O)CSCc1ccco1. The van der Waals surface area contributed by atoms with Gasteiger partial charge < -0.3 is 9.15 Å². The van der Waals surface area contributed by atoms with Crippen LogP contribution in [0.5, 0.6) is 0 Å². The lowest BCUT2D eigenvalue weighted by Gasteiger charge is -1.96. The van der Waals surface area contributed by atoms with Crippen LogP contribution in [-0.2, 0) is 15.3 Å². The molecule has 0 unspecified atom stereocenters. The lowest BCUT2D eigenvalue weighted by Crippen LogP contribution is -2.02. The number of hydrogen-bond donors (Lipinski definition) is 0. The molecular formula is C8H10O3S. The Morgan fingerprint density at radius 2 is 2.58 bits per heavy atom. The first kappa shape index (κ1) is 9.19. The van der Waals surface area contributed by atoms with Gasteiger partial charge in [-0.2, -0.15) is 0 Å². The molecule has 0 aliphatic carbocycles. The van der Waals surface area contributed by atoms with Gasteiger partial charge in [-0.25, -0.2) is 0 Å². The Kier molecular flexibility index (Phi) is 3.73. The zero-order valence-electron chi connectivity index (χ0n) is 6.78. The van der Waals surface area contributed by atoms with Crippen molar-refractivity contribution in [3.63, 3.8) is 0 Å². The second-order valence-electron chi connectivity index (χ2n) is 2.15. The van der Waals surface area contributed by atoms with Crippen LogP contribution in [0, 0.1) is 0 Å².